The van der Waals surface area contributed by atoms with E-state index in [4.69, 9.17) is 4.74 Å². The van der Waals surface area contributed by atoms with E-state index in [2.05, 4.69) is 48.2 Å². The number of fused-ring (bicyclic) bond motifs is 1. The third-order valence-electron chi connectivity index (χ3n) is 6.04. The van der Waals surface area contributed by atoms with Crippen LogP contribution in [0.4, 0.5) is 16.0 Å². The Bertz CT molecular complexity index is 1390. The van der Waals surface area contributed by atoms with Gasteiger partial charge in [0.15, 0.2) is 22.9 Å². The van der Waals surface area contributed by atoms with Crippen LogP contribution in [0.2, 0.25) is 0 Å². The Hall–Kier alpha value is -4.07. The molecule has 1 fully saturated rings. The zero-order valence-electron chi connectivity index (χ0n) is 19.5. The van der Waals surface area contributed by atoms with E-state index in [0.717, 1.165) is 44.0 Å². The number of aromatic nitrogens is 4. The molecule has 10 heteroatoms. The first kappa shape index (κ1) is 22.7. The highest BCUT2D eigenvalue weighted by molar-refractivity contribution is 5.83. The first-order chi connectivity index (χ1) is 17.0. The first-order valence-electron chi connectivity index (χ1n) is 11.3. The number of ether oxygens (including phenoxy) is 1. The van der Waals surface area contributed by atoms with Gasteiger partial charge in [-0.05, 0) is 43.8 Å². The van der Waals surface area contributed by atoms with E-state index in [1.54, 1.807) is 12.1 Å². The highest BCUT2D eigenvalue weighted by Gasteiger charge is 2.18. The van der Waals surface area contributed by atoms with E-state index in [0.29, 0.717) is 16.7 Å². The molecule has 1 aliphatic heterocycles. The number of pyridine rings is 1. The van der Waals surface area contributed by atoms with E-state index < -0.39 is 5.82 Å². The fourth-order valence-corrected chi connectivity index (χ4v) is 4.09. The molecule has 0 radical (unpaired) electrons. The lowest BCUT2D eigenvalue weighted by Crippen LogP contribution is -2.43. The number of nitrogens with zero attached hydrogens (tertiary/aromatic N) is 6. The van der Waals surface area contributed by atoms with Crippen LogP contribution in [-0.2, 0) is 6.54 Å². The van der Waals surface area contributed by atoms with Gasteiger partial charge in [-0.3, -0.25) is 4.90 Å². The molecule has 35 heavy (non-hydrogen) atoms. The van der Waals surface area contributed by atoms with E-state index in [1.165, 1.54) is 12.4 Å². The van der Waals surface area contributed by atoms with Crippen molar-refractivity contribution in [1.82, 2.24) is 29.7 Å². The molecule has 0 saturated carbocycles. The lowest BCUT2D eigenvalue weighted by Gasteiger charge is -2.32. The minimum atomic E-state index is -0.526. The summed E-state index contributed by atoms with van der Waals surface area (Å²) in [6.07, 6.45) is 3.08. The molecule has 4 aromatic rings. The minimum Gasteiger partial charge on any atom is -0.434 e. The monoisotopic (exact) mass is 472 g/mol. The molecule has 178 valence electrons. The summed E-state index contributed by atoms with van der Waals surface area (Å²) in [5, 5.41) is 13.2. The molecule has 1 aromatic carbocycles. The molecule has 1 saturated heterocycles. The minimum absolute atomic E-state index is 0.0240. The number of H-pyrrole nitrogens is 1. The Morgan fingerprint density at radius 3 is 2.71 bits per heavy atom. The van der Waals surface area contributed by atoms with Crippen molar-refractivity contribution in [2.45, 2.75) is 13.5 Å². The molecule has 5 rings (SSSR count). The number of likely N-dealkylation sites (N-methyl/N-ethyl adjacent to an activating group) is 1. The molecular weight excluding hydrogens is 447 g/mol. The van der Waals surface area contributed by atoms with Crippen molar-refractivity contribution in [1.29, 1.82) is 5.26 Å². The molecule has 4 heterocycles. The van der Waals surface area contributed by atoms with Crippen molar-refractivity contribution >= 4 is 22.5 Å². The summed E-state index contributed by atoms with van der Waals surface area (Å²) in [5.74, 6) is 0.173. The van der Waals surface area contributed by atoms with Gasteiger partial charge in [0.1, 0.15) is 18.2 Å². The normalized spacial score (nSPS) is 14.7. The van der Waals surface area contributed by atoms with Crippen LogP contribution in [0.5, 0.6) is 11.6 Å². The predicted octanol–water partition coefficient (Wildman–Crippen LogP) is 3.96. The molecular formula is C25H25FN8O. The van der Waals surface area contributed by atoms with Gasteiger partial charge in [-0.1, -0.05) is 6.07 Å². The van der Waals surface area contributed by atoms with Gasteiger partial charge >= 0.3 is 0 Å². The van der Waals surface area contributed by atoms with Crippen LogP contribution in [0, 0.1) is 24.1 Å². The third kappa shape index (κ3) is 4.91. The highest BCUT2D eigenvalue weighted by Crippen LogP contribution is 2.32. The topological polar surface area (TPSA) is 106 Å². The Kier molecular flexibility index (Phi) is 6.27. The van der Waals surface area contributed by atoms with E-state index in [1.807, 2.05) is 25.3 Å². The van der Waals surface area contributed by atoms with Crippen LogP contribution in [-0.4, -0.2) is 63.0 Å². The highest BCUT2D eigenvalue weighted by atomic mass is 19.1. The average molecular weight is 473 g/mol. The van der Waals surface area contributed by atoms with Crippen molar-refractivity contribution in [3.05, 3.63) is 65.5 Å². The first-order valence-corrected chi connectivity index (χ1v) is 11.3. The average Bonchev–Trinajstić information content (AvgIpc) is 3.25. The van der Waals surface area contributed by atoms with Crippen molar-refractivity contribution in [2.75, 3.05) is 38.5 Å². The standard InChI is InChI=1S/C25H25FN8O/c1-16-11-18-20(31-16)4-5-21(23(18)26)35-25-19(12-27)24(29-15-30-25)32-22-6-3-17(13-28-22)14-34-9-7-33(2)8-10-34/h3-6,11,13,15,31H,7-10,14H2,1-2H3,(H,28,29,30,32). The molecule has 0 amide bonds. The van der Waals surface area contributed by atoms with Crippen LogP contribution in [0.15, 0.2) is 42.9 Å². The third-order valence-corrected chi connectivity index (χ3v) is 6.04. The lowest BCUT2D eigenvalue weighted by atomic mass is 10.2. The van der Waals surface area contributed by atoms with Crippen LogP contribution in [0.3, 0.4) is 0 Å². The van der Waals surface area contributed by atoms with Crippen LogP contribution in [0.25, 0.3) is 10.9 Å². The number of rotatable bonds is 6. The number of aryl methyl sites for hydroxylation is 1. The maximum absolute atomic E-state index is 15.0. The van der Waals surface area contributed by atoms with Gasteiger partial charge in [-0.15, -0.1) is 0 Å². The second-order valence-electron chi connectivity index (χ2n) is 8.66. The van der Waals surface area contributed by atoms with Gasteiger partial charge in [0.05, 0.1) is 0 Å². The van der Waals surface area contributed by atoms with Gasteiger partial charge in [-0.2, -0.15) is 5.26 Å². The van der Waals surface area contributed by atoms with Crippen LogP contribution in [0.1, 0.15) is 16.8 Å². The summed E-state index contributed by atoms with van der Waals surface area (Å²) in [5.41, 5.74) is 2.67. The van der Waals surface area contributed by atoms with Crippen LogP contribution >= 0.6 is 0 Å². The number of aromatic amines is 1. The van der Waals surface area contributed by atoms with Crippen molar-refractivity contribution in [3.63, 3.8) is 0 Å². The second-order valence-corrected chi connectivity index (χ2v) is 8.66. The van der Waals surface area contributed by atoms with Crippen molar-refractivity contribution in [3.8, 4) is 17.7 Å². The Morgan fingerprint density at radius 1 is 1.14 bits per heavy atom. The Labute approximate surface area is 202 Å². The number of nitrogens with one attached hydrogen (secondary N) is 2. The molecule has 3 aromatic heterocycles. The largest absolute Gasteiger partial charge is 0.434 e. The number of hydrogen-bond acceptors (Lipinski definition) is 8. The summed E-state index contributed by atoms with van der Waals surface area (Å²) in [4.78, 5) is 20.5. The predicted molar refractivity (Wildman–Crippen MR) is 130 cm³/mol. The van der Waals surface area contributed by atoms with E-state index >= 15 is 0 Å². The van der Waals surface area contributed by atoms with Crippen LogP contribution < -0.4 is 10.1 Å². The zero-order valence-corrected chi connectivity index (χ0v) is 19.5. The Balaban J connectivity index is 1.32. The molecule has 0 bridgehead atoms. The van der Waals surface area contributed by atoms with Gasteiger partial charge < -0.3 is 19.9 Å². The van der Waals surface area contributed by atoms with Gasteiger partial charge in [-0.25, -0.2) is 19.3 Å². The number of benzene rings is 1. The number of halogens is 1. The molecule has 0 aliphatic carbocycles. The second kappa shape index (κ2) is 9.66. The van der Waals surface area contributed by atoms with Gasteiger partial charge in [0.2, 0.25) is 5.88 Å². The molecule has 2 N–H and O–H groups in total. The summed E-state index contributed by atoms with van der Waals surface area (Å²) in [7, 11) is 2.14. The maximum atomic E-state index is 15.0. The zero-order chi connectivity index (χ0) is 24.4. The molecule has 0 unspecified atom stereocenters. The summed E-state index contributed by atoms with van der Waals surface area (Å²) in [6.45, 7) is 6.87. The fraction of sp³-hybridized carbons (Fsp3) is 0.280. The van der Waals surface area contributed by atoms with Gasteiger partial charge in [0, 0.05) is 55.5 Å². The quantitative estimate of drug-likeness (QED) is 0.435. The van der Waals surface area contributed by atoms with Gasteiger partial charge in [0.25, 0.3) is 0 Å². The lowest BCUT2D eigenvalue weighted by molar-refractivity contribution is 0.148. The smallest absolute Gasteiger partial charge is 0.242 e. The SMILES string of the molecule is Cc1cc2c(F)c(Oc3ncnc(Nc4ccc(CN5CCN(C)CC5)cn4)c3C#N)ccc2[nH]1. The molecule has 1 aliphatic rings. The van der Waals surface area contributed by atoms with Crippen molar-refractivity contribution in [2.24, 2.45) is 0 Å². The fourth-order valence-electron chi connectivity index (χ4n) is 4.09. The summed E-state index contributed by atoms with van der Waals surface area (Å²) >= 11 is 0. The Morgan fingerprint density at radius 2 is 1.97 bits per heavy atom. The maximum Gasteiger partial charge on any atom is 0.242 e. The number of anilines is 2. The number of piperazine rings is 1. The number of nitriles is 1. The molecule has 9 nitrogen and oxygen atoms in total. The summed E-state index contributed by atoms with van der Waals surface area (Å²) < 4.78 is 20.7. The number of hydrogen-bond donors (Lipinski definition) is 2. The van der Waals surface area contributed by atoms with E-state index in [-0.39, 0.29) is 23.0 Å². The molecule has 0 spiro atoms. The summed E-state index contributed by atoms with van der Waals surface area (Å²) in [6, 6.07) is 10.8. The van der Waals surface area contributed by atoms with Crippen molar-refractivity contribution < 1.29 is 9.13 Å². The van der Waals surface area contributed by atoms with E-state index in [9.17, 15) is 9.65 Å². The molecule has 0 atom stereocenters.